The van der Waals surface area contributed by atoms with Gasteiger partial charge in [0.2, 0.25) is 0 Å². The van der Waals surface area contributed by atoms with Crippen LogP contribution in [0.15, 0.2) is 4.99 Å². The molecule has 1 fully saturated rings. The number of amides is 1. The summed E-state index contributed by atoms with van der Waals surface area (Å²) in [4.78, 5) is 18.3. The minimum atomic E-state index is -0.463. The van der Waals surface area contributed by atoms with Gasteiger partial charge in [-0.3, -0.25) is 4.99 Å². The van der Waals surface area contributed by atoms with Gasteiger partial charge in [0.1, 0.15) is 5.60 Å². The van der Waals surface area contributed by atoms with Crippen molar-refractivity contribution in [3.05, 3.63) is 0 Å². The molecule has 0 saturated heterocycles. The van der Waals surface area contributed by atoms with Gasteiger partial charge in [-0.2, -0.15) is 0 Å². The van der Waals surface area contributed by atoms with E-state index >= 15 is 0 Å². The van der Waals surface area contributed by atoms with E-state index in [1.54, 1.807) is 11.9 Å². The van der Waals surface area contributed by atoms with Crippen molar-refractivity contribution in [2.75, 3.05) is 20.1 Å². The van der Waals surface area contributed by atoms with Crippen LogP contribution in [0.1, 0.15) is 66.7 Å². The van der Waals surface area contributed by atoms with Gasteiger partial charge in [0.05, 0.1) is 0 Å². The largest absolute Gasteiger partial charge is 0.444 e. The van der Waals surface area contributed by atoms with Crippen molar-refractivity contribution >= 4 is 12.1 Å². The van der Waals surface area contributed by atoms with Crippen LogP contribution in [0.25, 0.3) is 0 Å². The van der Waals surface area contributed by atoms with Gasteiger partial charge in [0.25, 0.3) is 0 Å². The van der Waals surface area contributed by atoms with Gasteiger partial charge in [-0.1, -0.05) is 12.8 Å². The second-order valence-electron chi connectivity index (χ2n) is 7.75. The molecule has 0 heterocycles. The number of carbonyl (C=O) groups is 1. The smallest absolute Gasteiger partial charge is 0.410 e. The SMILES string of the molecule is CN=C(NCCCN(C(=O)OC(C)(C)C)C(C)C)NC1CCCC1. The Morgan fingerprint density at radius 2 is 1.92 bits per heavy atom. The first-order valence-electron chi connectivity index (χ1n) is 9.19. The summed E-state index contributed by atoms with van der Waals surface area (Å²) in [7, 11) is 1.80. The Hall–Kier alpha value is -1.46. The highest BCUT2D eigenvalue weighted by Gasteiger charge is 2.23. The monoisotopic (exact) mass is 340 g/mol. The van der Waals surface area contributed by atoms with Crippen LogP contribution in [0.5, 0.6) is 0 Å². The molecule has 2 N–H and O–H groups in total. The molecule has 1 rings (SSSR count). The normalized spacial score (nSPS) is 16.4. The highest BCUT2D eigenvalue weighted by molar-refractivity contribution is 5.79. The molecule has 0 aromatic rings. The summed E-state index contributed by atoms with van der Waals surface area (Å²) in [5.41, 5.74) is -0.463. The van der Waals surface area contributed by atoms with Crippen molar-refractivity contribution in [1.82, 2.24) is 15.5 Å². The molecule has 1 saturated carbocycles. The Morgan fingerprint density at radius 1 is 1.29 bits per heavy atom. The van der Waals surface area contributed by atoms with Crippen LogP contribution in [0.3, 0.4) is 0 Å². The van der Waals surface area contributed by atoms with E-state index in [2.05, 4.69) is 15.6 Å². The zero-order valence-electron chi connectivity index (χ0n) is 16.3. The second kappa shape index (κ2) is 9.74. The fourth-order valence-corrected chi connectivity index (χ4v) is 2.80. The van der Waals surface area contributed by atoms with Crippen molar-refractivity contribution in [2.45, 2.75) is 84.4 Å². The van der Waals surface area contributed by atoms with Crippen LogP contribution in [-0.2, 0) is 4.74 Å². The number of nitrogens with zero attached hydrogens (tertiary/aromatic N) is 2. The fraction of sp³-hybridized carbons (Fsp3) is 0.889. The molecule has 0 aromatic heterocycles. The quantitative estimate of drug-likeness (QED) is 0.443. The van der Waals surface area contributed by atoms with E-state index in [0.29, 0.717) is 12.6 Å². The average molecular weight is 341 g/mol. The molecule has 24 heavy (non-hydrogen) atoms. The number of hydrogen-bond donors (Lipinski definition) is 2. The van der Waals surface area contributed by atoms with Crippen molar-refractivity contribution in [2.24, 2.45) is 4.99 Å². The van der Waals surface area contributed by atoms with E-state index in [1.165, 1.54) is 25.7 Å². The van der Waals surface area contributed by atoms with Gasteiger partial charge in [0.15, 0.2) is 5.96 Å². The third-order valence-electron chi connectivity index (χ3n) is 4.04. The fourth-order valence-electron chi connectivity index (χ4n) is 2.80. The van der Waals surface area contributed by atoms with Crippen molar-refractivity contribution in [1.29, 1.82) is 0 Å². The van der Waals surface area contributed by atoms with Gasteiger partial charge in [-0.15, -0.1) is 0 Å². The van der Waals surface area contributed by atoms with E-state index in [0.717, 1.165) is 18.9 Å². The molecule has 1 aliphatic rings. The highest BCUT2D eigenvalue weighted by Crippen LogP contribution is 2.17. The molecule has 1 aliphatic carbocycles. The molecule has 140 valence electrons. The van der Waals surface area contributed by atoms with Crippen LogP contribution in [-0.4, -0.2) is 54.8 Å². The molecule has 1 amide bonds. The van der Waals surface area contributed by atoms with Crippen molar-refractivity contribution < 1.29 is 9.53 Å². The zero-order valence-corrected chi connectivity index (χ0v) is 16.3. The average Bonchev–Trinajstić information content (AvgIpc) is 2.96. The molecule has 0 unspecified atom stereocenters. The summed E-state index contributed by atoms with van der Waals surface area (Å²) in [5.74, 6) is 0.857. The van der Waals surface area contributed by atoms with Gasteiger partial charge < -0.3 is 20.3 Å². The van der Waals surface area contributed by atoms with Crippen LogP contribution < -0.4 is 10.6 Å². The number of carbonyl (C=O) groups excluding carboxylic acids is 1. The standard InChI is InChI=1S/C18H36N4O2/c1-14(2)22(17(23)24-18(3,4)5)13-9-12-20-16(19-6)21-15-10-7-8-11-15/h14-15H,7-13H2,1-6H3,(H2,19,20,21). The van der Waals surface area contributed by atoms with Gasteiger partial charge >= 0.3 is 6.09 Å². The maximum atomic E-state index is 12.3. The van der Waals surface area contributed by atoms with Gasteiger partial charge in [-0.05, 0) is 53.9 Å². The highest BCUT2D eigenvalue weighted by atomic mass is 16.6. The Balaban J connectivity index is 2.35. The summed E-state index contributed by atoms with van der Waals surface area (Å²) in [6.45, 7) is 11.1. The van der Waals surface area contributed by atoms with Crippen LogP contribution in [0.4, 0.5) is 4.79 Å². The Bertz CT molecular complexity index is 410. The van der Waals surface area contributed by atoms with E-state index in [1.807, 2.05) is 34.6 Å². The summed E-state index contributed by atoms with van der Waals surface area (Å²) >= 11 is 0. The molecule has 6 heteroatoms. The topological polar surface area (TPSA) is 66.0 Å². The first-order valence-corrected chi connectivity index (χ1v) is 9.19. The molecule has 0 radical (unpaired) electrons. The molecule has 0 bridgehead atoms. The Labute approximate surface area is 147 Å². The lowest BCUT2D eigenvalue weighted by molar-refractivity contribution is 0.0190. The van der Waals surface area contributed by atoms with Crippen molar-refractivity contribution in [3.8, 4) is 0 Å². The lowest BCUT2D eigenvalue weighted by atomic mass is 10.2. The number of guanidine groups is 1. The molecule has 0 aromatic carbocycles. The van der Waals surface area contributed by atoms with Gasteiger partial charge in [0, 0.05) is 32.2 Å². The Morgan fingerprint density at radius 3 is 2.42 bits per heavy atom. The zero-order chi connectivity index (χ0) is 18.2. The number of rotatable bonds is 6. The summed E-state index contributed by atoms with van der Waals surface area (Å²) in [6.07, 6.45) is 5.65. The molecule has 0 atom stereocenters. The van der Waals surface area contributed by atoms with E-state index in [9.17, 15) is 4.79 Å². The summed E-state index contributed by atoms with van der Waals surface area (Å²) in [6, 6.07) is 0.668. The number of hydrogen-bond acceptors (Lipinski definition) is 3. The summed E-state index contributed by atoms with van der Waals surface area (Å²) in [5, 5.41) is 6.80. The maximum Gasteiger partial charge on any atom is 0.410 e. The lowest BCUT2D eigenvalue weighted by Gasteiger charge is -2.30. The van der Waals surface area contributed by atoms with Gasteiger partial charge in [-0.25, -0.2) is 4.79 Å². The van der Waals surface area contributed by atoms with Crippen LogP contribution in [0, 0.1) is 0 Å². The molecule has 6 nitrogen and oxygen atoms in total. The number of ether oxygens (including phenoxy) is 1. The summed E-state index contributed by atoms with van der Waals surface area (Å²) < 4.78 is 5.48. The number of aliphatic imine (C=N–C) groups is 1. The lowest BCUT2D eigenvalue weighted by Crippen LogP contribution is -2.44. The number of nitrogens with one attached hydrogen (secondary N) is 2. The van der Waals surface area contributed by atoms with Crippen LogP contribution >= 0.6 is 0 Å². The first-order chi connectivity index (χ1) is 11.2. The minimum Gasteiger partial charge on any atom is -0.444 e. The molecule has 0 aliphatic heterocycles. The van der Waals surface area contributed by atoms with E-state index < -0.39 is 5.60 Å². The Kier molecular flexibility index (Phi) is 8.36. The molecule has 0 spiro atoms. The maximum absolute atomic E-state index is 12.3. The third kappa shape index (κ3) is 7.88. The van der Waals surface area contributed by atoms with Crippen LogP contribution in [0.2, 0.25) is 0 Å². The predicted octanol–water partition coefficient (Wildman–Crippen LogP) is 3.13. The molecular weight excluding hydrogens is 304 g/mol. The minimum absolute atomic E-state index is 0.121. The first kappa shape index (κ1) is 20.6. The van der Waals surface area contributed by atoms with Crippen molar-refractivity contribution in [3.63, 3.8) is 0 Å². The molecular formula is C18H36N4O2. The third-order valence-corrected chi connectivity index (χ3v) is 4.04. The van der Waals surface area contributed by atoms with E-state index in [4.69, 9.17) is 4.74 Å². The van der Waals surface area contributed by atoms with E-state index in [-0.39, 0.29) is 12.1 Å². The predicted molar refractivity (Wildman–Crippen MR) is 99.4 cm³/mol. The second-order valence-corrected chi connectivity index (χ2v) is 7.75.